The molecule has 0 bridgehead atoms. The van der Waals surface area contributed by atoms with Gasteiger partial charge >= 0.3 is 11.9 Å². The number of aryl methyl sites for hydroxylation is 1. The van der Waals surface area contributed by atoms with E-state index < -0.39 is 11.9 Å². The molecule has 1 N–H and O–H groups in total. The van der Waals surface area contributed by atoms with E-state index in [4.69, 9.17) is 5.11 Å². The van der Waals surface area contributed by atoms with Crippen LogP contribution >= 0.6 is 0 Å². The van der Waals surface area contributed by atoms with Crippen LogP contribution in [0.3, 0.4) is 0 Å². The highest BCUT2D eigenvalue weighted by Crippen LogP contribution is 1.99. The number of ether oxygens (including phenoxy) is 1. The summed E-state index contributed by atoms with van der Waals surface area (Å²) >= 11 is 0. The van der Waals surface area contributed by atoms with Crippen molar-refractivity contribution < 1.29 is 19.4 Å². The molecule has 7 heteroatoms. The van der Waals surface area contributed by atoms with Gasteiger partial charge in [0.2, 0.25) is 0 Å². The molecule has 15 heavy (non-hydrogen) atoms. The molecule has 0 atom stereocenters. The molecule has 0 spiro atoms. The number of carbonyl (C=O) groups is 2. The topological polar surface area (TPSA) is 94.3 Å². The summed E-state index contributed by atoms with van der Waals surface area (Å²) in [4.78, 5) is 25.3. The van der Waals surface area contributed by atoms with Crippen molar-refractivity contribution in [2.45, 2.75) is 19.9 Å². The number of carboxylic acids is 1. The van der Waals surface area contributed by atoms with Gasteiger partial charge in [-0.25, -0.2) is 9.67 Å². The van der Waals surface area contributed by atoms with E-state index in [1.165, 1.54) is 11.8 Å². The van der Waals surface area contributed by atoms with E-state index in [-0.39, 0.29) is 18.8 Å². The van der Waals surface area contributed by atoms with Crippen molar-refractivity contribution >= 4 is 11.9 Å². The lowest BCUT2D eigenvalue weighted by molar-refractivity contribution is -0.140. The van der Waals surface area contributed by atoms with Gasteiger partial charge in [0, 0.05) is 0 Å². The van der Waals surface area contributed by atoms with E-state index in [2.05, 4.69) is 14.8 Å². The average molecular weight is 213 g/mol. The first-order chi connectivity index (χ1) is 7.02. The highest BCUT2D eigenvalue weighted by molar-refractivity contribution is 5.71. The molecule has 82 valence electrons. The number of carboxylic acid groups (broad SMARTS) is 1. The lowest BCUT2D eigenvalue weighted by Crippen LogP contribution is -2.12. The first-order valence-electron chi connectivity index (χ1n) is 4.22. The van der Waals surface area contributed by atoms with Crippen LogP contribution < -0.4 is 0 Å². The maximum Gasteiger partial charge on any atom is 0.325 e. The minimum Gasteiger partial charge on any atom is -0.480 e. The molecule has 0 aliphatic rings. The van der Waals surface area contributed by atoms with Gasteiger partial charge in [-0.2, -0.15) is 5.10 Å². The van der Waals surface area contributed by atoms with Crippen LogP contribution in [0.4, 0.5) is 0 Å². The van der Waals surface area contributed by atoms with Crippen molar-refractivity contribution in [3.05, 3.63) is 11.6 Å². The van der Waals surface area contributed by atoms with Gasteiger partial charge in [-0.05, 0) is 6.92 Å². The first-order valence-corrected chi connectivity index (χ1v) is 4.22. The highest BCUT2D eigenvalue weighted by atomic mass is 16.5. The number of esters is 1. The third-order valence-corrected chi connectivity index (χ3v) is 1.72. The molecule has 0 radical (unpaired) electrons. The summed E-state index contributed by atoms with van der Waals surface area (Å²) in [6, 6.07) is 0. The zero-order valence-corrected chi connectivity index (χ0v) is 8.43. The Bertz CT molecular complexity index is 385. The molecule has 1 rings (SSSR count). The molecule has 1 heterocycles. The minimum absolute atomic E-state index is 0.0516. The Morgan fingerprint density at radius 1 is 1.53 bits per heavy atom. The number of nitrogens with zero attached hydrogens (tertiary/aromatic N) is 3. The molecule has 0 aromatic carbocycles. The van der Waals surface area contributed by atoms with Gasteiger partial charge in [-0.3, -0.25) is 9.59 Å². The number of carbonyl (C=O) groups excluding carboxylic acids is 1. The third kappa shape index (κ3) is 3.04. The number of rotatable bonds is 4. The van der Waals surface area contributed by atoms with Gasteiger partial charge in [0.25, 0.3) is 0 Å². The first kappa shape index (κ1) is 11.2. The normalized spacial score (nSPS) is 10.0. The molecule has 0 saturated carbocycles. The standard InChI is InChI=1S/C8H11N3O4/c1-5-9-6(3-8(14)15-2)10-11(5)4-7(12)13/h3-4H2,1-2H3,(H,12,13). The Hall–Kier alpha value is -1.92. The van der Waals surface area contributed by atoms with Crippen molar-refractivity contribution in [1.82, 2.24) is 14.8 Å². The zero-order valence-electron chi connectivity index (χ0n) is 8.43. The number of aromatic nitrogens is 3. The van der Waals surface area contributed by atoms with E-state index in [1.54, 1.807) is 6.92 Å². The van der Waals surface area contributed by atoms with E-state index >= 15 is 0 Å². The van der Waals surface area contributed by atoms with Crippen molar-refractivity contribution in [2.24, 2.45) is 0 Å². The summed E-state index contributed by atoms with van der Waals surface area (Å²) in [5.74, 6) is -0.744. The largest absolute Gasteiger partial charge is 0.480 e. The maximum absolute atomic E-state index is 10.9. The van der Waals surface area contributed by atoms with Crippen LogP contribution in [0.5, 0.6) is 0 Å². The third-order valence-electron chi connectivity index (χ3n) is 1.72. The van der Waals surface area contributed by atoms with Crippen LogP contribution in [0.15, 0.2) is 0 Å². The van der Waals surface area contributed by atoms with Crippen molar-refractivity contribution in [3.63, 3.8) is 0 Å². The number of methoxy groups -OCH3 is 1. The summed E-state index contributed by atoms with van der Waals surface area (Å²) in [6.45, 7) is 1.36. The van der Waals surface area contributed by atoms with Crippen molar-refractivity contribution in [2.75, 3.05) is 7.11 Å². The van der Waals surface area contributed by atoms with Gasteiger partial charge < -0.3 is 9.84 Å². The Balaban J connectivity index is 2.76. The molecule has 0 amide bonds. The predicted octanol–water partition coefficient (Wildman–Crippen LogP) is -0.613. The fourth-order valence-electron chi connectivity index (χ4n) is 1.03. The molecule has 0 fully saturated rings. The fraction of sp³-hybridized carbons (Fsp3) is 0.500. The smallest absolute Gasteiger partial charge is 0.325 e. The molecular formula is C8H11N3O4. The number of hydrogen-bond acceptors (Lipinski definition) is 5. The molecule has 1 aromatic rings. The summed E-state index contributed by atoms with van der Waals surface area (Å²) in [7, 11) is 1.27. The lowest BCUT2D eigenvalue weighted by Gasteiger charge is -1.96. The van der Waals surface area contributed by atoms with Gasteiger partial charge in [-0.15, -0.1) is 0 Å². The monoisotopic (exact) mass is 213 g/mol. The van der Waals surface area contributed by atoms with Crippen molar-refractivity contribution in [1.29, 1.82) is 0 Å². The SMILES string of the molecule is COC(=O)Cc1nc(C)n(CC(=O)O)n1. The van der Waals surface area contributed by atoms with Crippen LogP contribution in [0.1, 0.15) is 11.6 Å². The van der Waals surface area contributed by atoms with Gasteiger partial charge in [0.1, 0.15) is 18.8 Å². The maximum atomic E-state index is 10.9. The van der Waals surface area contributed by atoms with E-state index in [0.29, 0.717) is 5.82 Å². The number of hydrogen-bond donors (Lipinski definition) is 1. The fourth-order valence-corrected chi connectivity index (χ4v) is 1.03. The molecule has 0 unspecified atom stereocenters. The molecular weight excluding hydrogens is 202 g/mol. The van der Waals surface area contributed by atoms with E-state index in [0.717, 1.165) is 0 Å². The van der Waals surface area contributed by atoms with Crippen LogP contribution in [-0.4, -0.2) is 38.9 Å². The zero-order chi connectivity index (χ0) is 11.4. The molecule has 0 aliphatic carbocycles. The Morgan fingerprint density at radius 2 is 2.20 bits per heavy atom. The van der Waals surface area contributed by atoms with Gasteiger partial charge in [0.15, 0.2) is 5.82 Å². The van der Waals surface area contributed by atoms with Gasteiger partial charge in [0.05, 0.1) is 7.11 Å². The second-order valence-corrected chi connectivity index (χ2v) is 2.88. The molecule has 7 nitrogen and oxygen atoms in total. The predicted molar refractivity (Wildman–Crippen MR) is 48.1 cm³/mol. The van der Waals surface area contributed by atoms with Crippen LogP contribution in [0.25, 0.3) is 0 Å². The van der Waals surface area contributed by atoms with Crippen LogP contribution in [0, 0.1) is 6.92 Å². The Labute approximate surface area is 85.7 Å². The summed E-state index contributed by atoms with van der Waals surface area (Å²) in [5.41, 5.74) is 0. The van der Waals surface area contributed by atoms with Gasteiger partial charge in [-0.1, -0.05) is 0 Å². The average Bonchev–Trinajstić information content (AvgIpc) is 2.45. The lowest BCUT2D eigenvalue weighted by atomic mass is 10.4. The van der Waals surface area contributed by atoms with E-state index in [1.807, 2.05) is 0 Å². The molecule has 0 saturated heterocycles. The Kier molecular flexibility index (Phi) is 3.37. The molecule has 0 aliphatic heterocycles. The summed E-state index contributed by atoms with van der Waals surface area (Å²) in [5, 5.41) is 12.4. The highest BCUT2D eigenvalue weighted by Gasteiger charge is 2.12. The van der Waals surface area contributed by atoms with E-state index in [9.17, 15) is 9.59 Å². The quantitative estimate of drug-likeness (QED) is 0.670. The van der Waals surface area contributed by atoms with Crippen LogP contribution in [0.2, 0.25) is 0 Å². The second-order valence-electron chi connectivity index (χ2n) is 2.88. The minimum atomic E-state index is -1.01. The van der Waals surface area contributed by atoms with Crippen molar-refractivity contribution in [3.8, 4) is 0 Å². The summed E-state index contributed by atoms with van der Waals surface area (Å²) in [6.07, 6.45) is -0.0516. The second kappa shape index (κ2) is 4.54. The van der Waals surface area contributed by atoms with Crippen LogP contribution in [-0.2, 0) is 27.3 Å². The Morgan fingerprint density at radius 3 is 2.73 bits per heavy atom. The summed E-state index contributed by atoms with van der Waals surface area (Å²) < 4.78 is 5.66. The molecule has 1 aromatic heterocycles. The number of aliphatic carboxylic acids is 1.